The highest BCUT2D eigenvalue weighted by Gasteiger charge is 2.20. The van der Waals surface area contributed by atoms with Gasteiger partial charge >= 0.3 is 5.97 Å². The minimum atomic E-state index is -0.842. The molecule has 1 saturated heterocycles. The molecule has 0 bridgehead atoms. The monoisotopic (exact) mass is 288 g/mol. The maximum Gasteiger partial charge on any atom is 0.303 e. The second-order valence-corrected chi connectivity index (χ2v) is 4.77. The number of nitrogens with zero attached hydrogens (tertiary/aromatic N) is 1. The standard InChI is InChI=1S/C12H22N2O3.CH2O2/c1-14-9-3-4-10(14)7-8-13-11(15)5-2-6-12(16)17;2-1-3/h10H,2-9H2,1H3,(H,13,15)(H,16,17);1H,(H,2,3). The predicted octanol–water partition coefficient (Wildman–Crippen LogP) is 0.543. The number of hydrogen-bond acceptors (Lipinski definition) is 4. The Labute approximate surface area is 119 Å². The van der Waals surface area contributed by atoms with Gasteiger partial charge in [-0.05, 0) is 39.3 Å². The largest absolute Gasteiger partial charge is 0.483 e. The van der Waals surface area contributed by atoms with Crippen LogP contribution in [0.15, 0.2) is 0 Å². The lowest BCUT2D eigenvalue weighted by Gasteiger charge is -2.19. The third kappa shape index (κ3) is 9.32. The van der Waals surface area contributed by atoms with E-state index >= 15 is 0 Å². The van der Waals surface area contributed by atoms with Gasteiger partial charge in [-0.25, -0.2) is 0 Å². The van der Waals surface area contributed by atoms with Gasteiger partial charge in [0.15, 0.2) is 0 Å². The van der Waals surface area contributed by atoms with E-state index < -0.39 is 5.97 Å². The molecule has 1 atom stereocenters. The Bertz CT molecular complexity index is 309. The van der Waals surface area contributed by atoms with Crippen LogP contribution in [0, 0.1) is 0 Å². The molecule has 0 saturated carbocycles. The van der Waals surface area contributed by atoms with Crippen molar-refractivity contribution in [2.24, 2.45) is 0 Å². The molecule has 0 aromatic rings. The Balaban J connectivity index is 0.00000110. The molecule has 0 spiro atoms. The predicted molar refractivity (Wildman–Crippen MR) is 73.5 cm³/mol. The van der Waals surface area contributed by atoms with Gasteiger partial charge in [0.05, 0.1) is 0 Å². The van der Waals surface area contributed by atoms with Gasteiger partial charge in [0.2, 0.25) is 5.91 Å². The molecule has 7 nitrogen and oxygen atoms in total. The van der Waals surface area contributed by atoms with Crippen molar-refractivity contribution < 1.29 is 24.6 Å². The summed E-state index contributed by atoms with van der Waals surface area (Å²) < 4.78 is 0. The summed E-state index contributed by atoms with van der Waals surface area (Å²) in [5.41, 5.74) is 0. The Morgan fingerprint density at radius 1 is 1.40 bits per heavy atom. The molecule has 1 heterocycles. The number of rotatable bonds is 7. The number of hydrogen-bond donors (Lipinski definition) is 3. The van der Waals surface area contributed by atoms with Crippen LogP contribution in [0.3, 0.4) is 0 Å². The van der Waals surface area contributed by atoms with Crippen LogP contribution in [0.2, 0.25) is 0 Å². The second kappa shape index (κ2) is 11.2. The van der Waals surface area contributed by atoms with Gasteiger partial charge in [-0.15, -0.1) is 0 Å². The van der Waals surface area contributed by atoms with E-state index in [4.69, 9.17) is 15.0 Å². The summed E-state index contributed by atoms with van der Waals surface area (Å²) in [5.74, 6) is -0.878. The van der Waals surface area contributed by atoms with Crippen molar-refractivity contribution in [3.8, 4) is 0 Å². The lowest BCUT2D eigenvalue weighted by atomic mass is 10.1. The molecule has 0 radical (unpaired) electrons. The number of carbonyl (C=O) groups excluding carboxylic acids is 1. The number of carboxylic acids is 1. The van der Waals surface area contributed by atoms with E-state index in [9.17, 15) is 9.59 Å². The zero-order valence-electron chi connectivity index (χ0n) is 11.9. The maximum absolute atomic E-state index is 11.4. The fourth-order valence-corrected chi connectivity index (χ4v) is 2.21. The number of nitrogens with one attached hydrogen (secondary N) is 1. The Kier molecular flexibility index (Phi) is 10.3. The molecule has 7 heteroatoms. The molecule has 1 rings (SSSR count). The third-order valence-corrected chi connectivity index (χ3v) is 3.27. The summed E-state index contributed by atoms with van der Waals surface area (Å²) in [6, 6.07) is 0.592. The molecule has 3 N–H and O–H groups in total. The van der Waals surface area contributed by atoms with Crippen LogP contribution in [-0.4, -0.2) is 59.6 Å². The summed E-state index contributed by atoms with van der Waals surface area (Å²) in [5, 5.41) is 18.2. The average Bonchev–Trinajstić information content (AvgIpc) is 2.76. The van der Waals surface area contributed by atoms with Crippen molar-refractivity contribution in [2.45, 2.75) is 44.6 Å². The minimum Gasteiger partial charge on any atom is -0.483 e. The number of carbonyl (C=O) groups is 3. The van der Waals surface area contributed by atoms with E-state index in [0.29, 0.717) is 25.4 Å². The van der Waals surface area contributed by atoms with Crippen LogP contribution in [0.25, 0.3) is 0 Å². The van der Waals surface area contributed by atoms with Crippen LogP contribution in [0.1, 0.15) is 38.5 Å². The van der Waals surface area contributed by atoms with Crippen LogP contribution >= 0.6 is 0 Å². The first-order valence-electron chi connectivity index (χ1n) is 6.77. The molecule has 116 valence electrons. The molecule has 1 unspecified atom stereocenters. The normalized spacial score (nSPS) is 17.9. The number of carboxylic acid groups (broad SMARTS) is 2. The maximum atomic E-state index is 11.4. The Morgan fingerprint density at radius 3 is 2.55 bits per heavy atom. The van der Waals surface area contributed by atoms with Gasteiger partial charge in [-0.3, -0.25) is 14.4 Å². The fraction of sp³-hybridized carbons (Fsp3) is 0.769. The topological polar surface area (TPSA) is 107 Å². The van der Waals surface area contributed by atoms with Crippen molar-refractivity contribution in [3.63, 3.8) is 0 Å². The summed E-state index contributed by atoms with van der Waals surface area (Å²) in [4.78, 5) is 32.3. The van der Waals surface area contributed by atoms with Crippen molar-refractivity contribution in [1.82, 2.24) is 10.2 Å². The highest BCUT2D eigenvalue weighted by Crippen LogP contribution is 2.16. The van der Waals surface area contributed by atoms with Crippen LogP contribution in [0.4, 0.5) is 0 Å². The second-order valence-electron chi connectivity index (χ2n) is 4.77. The van der Waals surface area contributed by atoms with Crippen LogP contribution in [0.5, 0.6) is 0 Å². The third-order valence-electron chi connectivity index (χ3n) is 3.27. The van der Waals surface area contributed by atoms with Crippen molar-refractivity contribution in [1.29, 1.82) is 0 Å². The highest BCUT2D eigenvalue weighted by atomic mass is 16.4. The quantitative estimate of drug-likeness (QED) is 0.590. The summed E-state index contributed by atoms with van der Waals surface area (Å²) in [6.45, 7) is 1.60. The number of likely N-dealkylation sites (tertiary alicyclic amines) is 1. The zero-order chi connectivity index (χ0) is 15.4. The van der Waals surface area contributed by atoms with E-state index in [-0.39, 0.29) is 18.8 Å². The molecule has 20 heavy (non-hydrogen) atoms. The molecule has 0 aromatic carbocycles. The van der Waals surface area contributed by atoms with Gasteiger partial charge in [0, 0.05) is 25.4 Å². The number of aliphatic carboxylic acids is 1. The van der Waals surface area contributed by atoms with Gasteiger partial charge in [0.1, 0.15) is 0 Å². The summed E-state index contributed by atoms with van der Waals surface area (Å²) in [6.07, 6.45) is 4.25. The van der Waals surface area contributed by atoms with E-state index in [1.165, 1.54) is 12.8 Å². The van der Waals surface area contributed by atoms with Gasteiger partial charge < -0.3 is 20.4 Å². The molecule has 1 aliphatic heterocycles. The Morgan fingerprint density at radius 2 is 2.05 bits per heavy atom. The zero-order valence-corrected chi connectivity index (χ0v) is 11.9. The highest BCUT2D eigenvalue weighted by molar-refractivity contribution is 5.76. The summed E-state index contributed by atoms with van der Waals surface area (Å²) in [7, 11) is 2.12. The summed E-state index contributed by atoms with van der Waals surface area (Å²) >= 11 is 0. The van der Waals surface area contributed by atoms with Crippen molar-refractivity contribution in [2.75, 3.05) is 20.1 Å². The smallest absolute Gasteiger partial charge is 0.303 e. The molecule has 1 amide bonds. The van der Waals surface area contributed by atoms with Crippen molar-refractivity contribution >= 4 is 18.3 Å². The number of amides is 1. The first-order valence-corrected chi connectivity index (χ1v) is 6.77. The van der Waals surface area contributed by atoms with Gasteiger partial charge in [-0.1, -0.05) is 0 Å². The van der Waals surface area contributed by atoms with Crippen molar-refractivity contribution in [3.05, 3.63) is 0 Å². The average molecular weight is 288 g/mol. The van der Waals surface area contributed by atoms with Crippen LogP contribution < -0.4 is 5.32 Å². The lowest BCUT2D eigenvalue weighted by molar-refractivity contribution is -0.137. The first kappa shape index (κ1) is 18.4. The van der Waals surface area contributed by atoms with E-state index in [1.807, 2.05) is 0 Å². The first-order chi connectivity index (χ1) is 9.51. The SMILES string of the molecule is CN1CCCC1CCNC(=O)CCCC(=O)O.O=CO. The molecule has 0 aliphatic carbocycles. The lowest BCUT2D eigenvalue weighted by Crippen LogP contribution is -2.31. The van der Waals surface area contributed by atoms with E-state index in [1.54, 1.807) is 0 Å². The van der Waals surface area contributed by atoms with Crippen LogP contribution in [-0.2, 0) is 14.4 Å². The van der Waals surface area contributed by atoms with E-state index in [2.05, 4.69) is 17.3 Å². The van der Waals surface area contributed by atoms with E-state index in [0.717, 1.165) is 13.0 Å². The minimum absolute atomic E-state index is 0.0353. The molecule has 0 aromatic heterocycles. The molecule has 1 aliphatic rings. The Hall–Kier alpha value is -1.63. The van der Waals surface area contributed by atoms with Gasteiger partial charge in [-0.2, -0.15) is 0 Å². The molecule has 1 fully saturated rings. The van der Waals surface area contributed by atoms with Gasteiger partial charge in [0.25, 0.3) is 6.47 Å². The molecular formula is C13H24N2O5. The fourth-order valence-electron chi connectivity index (χ4n) is 2.21. The molecular weight excluding hydrogens is 264 g/mol.